The number of sulfonamides is 1. The molecule has 0 spiro atoms. The minimum atomic E-state index is -3.77. The van der Waals surface area contributed by atoms with Crippen LogP contribution in [-0.2, 0) is 10.0 Å². The summed E-state index contributed by atoms with van der Waals surface area (Å²) in [5.41, 5.74) is 4.43. The second kappa shape index (κ2) is 7.50. The van der Waals surface area contributed by atoms with E-state index in [-0.39, 0.29) is 4.90 Å². The highest BCUT2D eigenvalue weighted by Gasteiger charge is 2.20. The van der Waals surface area contributed by atoms with Crippen LogP contribution in [0.15, 0.2) is 65.6 Å². The molecular weight excluding hydrogens is 404 g/mol. The van der Waals surface area contributed by atoms with Crippen molar-refractivity contribution in [2.45, 2.75) is 18.7 Å². The van der Waals surface area contributed by atoms with Crippen molar-refractivity contribution < 1.29 is 13.2 Å². The lowest BCUT2D eigenvalue weighted by molar-refractivity contribution is 0.402. The third-order valence-corrected chi connectivity index (χ3v) is 7.01. The summed E-state index contributed by atoms with van der Waals surface area (Å²) in [6.45, 7) is 3.90. The molecule has 0 aliphatic carbocycles. The third-order valence-electron chi connectivity index (χ3n) is 4.54. The van der Waals surface area contributed by atoms with Gasteiger partial charge in [0.25, 0.3) is 10.0 Å². The summed E-state index contributed by atoms with van der Waals surface area (Å²) in [5.74, 6) is 0.310. The number of fused-ring (bicyclic) bond motifs is 1. The highest BCUT2D eigenvalue weighted by molar-refractivity contribution is 7.92. The van der Waals surface area contributed by atoms with E-state index in [0.717, 1.165) is 26.4 Å². The monoisotopic (exact) mass is 424 g/mol. The van der Waals surface area contributed by atoms with Crippen molar-refractivity contribution >= 4 is 37.3 Å². The van der Waals surface area contributed by atoms with Gasteiger partial charge in [0.1, 0.15) is 15.7 Å². The van der Waals surface area contributed by atoms with Gasteiger partial charge in [0.05, 0.1) is 17.3 Å². The highest BCUT2D eigenvalue weighted by atomic mass is 32.2. The Labute approximate surface area is 174 Å². The Kier molecular flexibility index (Phi) is 5.02. The van der Waals surface area contributed by atoms with Crippen LogP contribution in [0, 0.1) is 13.8 Å². The number of hydrogen-bond acceptors (Lipinski definition) is 5. The van der Waals surface area contributed by atoms with Crippen LogP contribution in [0.2, 0.25) is 0 Å². The molecule has 29 heavy (non-hydrogen) atoms. The number of hydrogen-bond donors (Lipinski definition) is 1. The molecule has 0 aliphatic heterocycles. The third kappa shape index (κ3) is 3.97. The molecule has 148 valence electrons. The molecule has 1 aromatic heterocycles. The number of nitrogens with zero attached hydrogens (tertiary/aromatic N) is 1. The first-order chi connectivity index (χ1) is 13.9. The molecular formula is C22H20N2O3S2. The van der Waals surface area contributed by atoms with E-state index in [1.807, 2.05) is 37.3 Å². The van der Waals surface area contributed by atoms with Gasteiger partial charge in [-0.3, -0.25) is 4.72 Å². The van der Waals surface area contributed by atoms with Gasteiger partial charge >= 0.3 is 0 Å². The molecule has 0 atom stereocenters. The molecule has 1 N–H and O–H groups in total. The molecule has 3 aromatic carbocycles. The maximum absolute atomic E-state index is 12.8. The average molecular weight is 425 g/mol. The van der Waals surface area contributed by atoms with Crippen LogP contribution in [0.5, 0.6) is 5.75 Å². The lowest BCUT2D eigenvalue weighted by Crippen LogP contribution is -2.14. The minimum Gasteiger partial charge on any atom is -0.495 e. The second-order valence-corrected chi connectivity index (χ2v) is 9.51. The maximum Gasteiger partial charge on any atom is 0.265 e. The molecule has 7 heteroatoms. The predicted octanol–water partition coefficient (Wildman–Crippen LogP) is 5.39. The number of anilines is 1. The lowest BCUT2D eigenvalue weighted by atomic mass is 10.2. The Bertz CT molecular complexity index is 1290. The van der Waals surface area contributed by atoms with Crippen LogP contribution >= 0.6 is 11.3 Å². The van der Waals surface area contributed by atoms with Crippen LogP contribution in [0.4, 0.5) is 5.69 Å². The standard InChI is InChI=1S/C22H20N2O3S2/c1-14-4-10-18-20(12-14)28-22(23-18)16-6-8-17(9-7-16)24-29(25,26)21-13-15(2)5-11-19(21)27-3/h4-13,24H,1-3H3. The van der Waals surface area contributed by atoms with Gasteiger partial charge < -0.3 is 4.74 Å². The molecule has 0 amide bonds. The Morgan fingerprint density at radius 1 is 0.931 bits per heavy atom. The number of ether oxygens (including phenoxy) is 1. The smallest absolute Gasteiger partial charge is 0.265 e. The molecule has 0 saturated heterocycles. The summed E-state index contributed by atoms with van der Waals surface area (Å²) in [6.07, 6.45) is 0. The van der Waals surface area contributed by atoms with Gasteiger partial charge in [0, 0.05) is 11.3 Å². The van der Waals surface area contributed by atoms with E-state index in [0.29, 0.717) is 11.4 Å². The molecule has 0 fully saturated rings. The van der Waals surface area contributed by atoms with Crippen LogP contribution < -0.4 is 9.46 Å². The first-order valence-corrected chi connectivity index (χ1v) is 11.3. The molecule has 0 radical (unpaired) electrons. The average Bonchev–Trinajstić information content (AvgIpc) is 3.11. The van der Waals surface area contributed by atoms with Gasteiger partial charge in [0.2, 0.25) is 0 Å². The number of nitrogens with one attached hydrogen (secondary N) is 1. The maximum atomic E-state index is 12.8. The van der Waals surface area contributed by atoms with Gasteiger partial charge in [-0.15, -0.1) is 11.3 Å². The van der Waals surface area contributed by atoms with E-state index in [4.69, 9.17) is 4.74 Å². The van der Waals surface area contributed by atoms with Crippen molar-refractivity contribution in [3.8, 4) is 16.3 Å². The topological polar surface area (TPSA) is 68.3 Å². The summed E-state index contributed by atoms with van der Waals surface area (Å²) in [4.78, 5) is 4.79. The molecule has 0 bridgehead atoms. The normalized spacial score (nSPS) is 11.6. The molecule has 5 nitrogen and oxygen atoms in total. The zero-order chi connectivity index (χ0) is 20.6. The van der Waals surface area contributed by atoms with E-state index < -0.39 is 10.0 Å². The summed E-state index contributed by atoms with van der Waals surface area (Å²) in [5, 5.41) is 0.903. The van der Waals surface area contributed by atoms with Crippen molar-refractivity contribution in [1.82, 2.24) is 4.98 Å². The Balaban J connectivity index is 1.61. The molecule has 4 rings (SSSR count). The molecule has 1 heterocycles. The van der Waals surface area contributed by atoms with E-state index in [9.17, 15) is 8.42 Å². The highest BCUT2D eigenvalue weighted by Crippen LogP contribution is 2.32. The first-order valence-electron chi connectivity index (χ1n) is 9.01. The van der Waals surface area contributed by atoms with Gasteiger partial charge in [-0.25, -0.2) is 13.4 Å². The van der Waals surface area contributed by atoms with Crippen molar-refractivity contribution in [3.05, 3.63) is 71.8 Å². The van der Waals surface area contributed by atoms with Crippen LogP contribution in [-0.4, -0.2) is 20.5 Å². The van der Waals surface area contributed by atoms with Crippen LogP contribution in [0.25, 0.3) is 20.8 Å². The Morgan fingerprint density at radius 2 is 1.62 bits per heavy atom. The summed E-state index contributed by atoms with van der Waals surface area (Å²) >= 11 is 1.62. The molecule has 0 unspecified atom stereocenters. The van der Waals surface area contributed by atoms with E-state index in [2.05, 4.69) is 22.7 Å². The fourth-order valence-corrected chi connectivity index (χ4v) is 5.42. The van der Waals surface area contributed by atoms with Gasteiger partial charge in [-0.2, -0.15) is 0 Å². The van der Waals surface area contributed by atoms with E-state index >= 15 is 0 Å². The largest absolute Gasteiger partial charge is 0.495 e. The van der Waals surface area contributed by atoms with Crippen molar-refractivity contribution in [2.24, 2.45) is 0 Å². The van der Waals surface area contributed by atoms with Crippen molar-refractivity contribution in [2.75, 3.05) is 11.8 Å². The zero-order valence-corrected chi connectivity index (χ0v) is 17.9. The summed E-state index contributed by atoms with van der Waals surface area (Å²) < 4.78 is 34.6. The molecule has 0 saturated carbocycles. The summed E-state index contributed by atoms with van der Waals surface area (Å²) in [6, 6.07) is 18.5. The Hall–Kier alpha value is -2.90. The van der Waals surface area contributed by atoms with E-state index in [1.54, 1.807) is 35.6 Å². The van der Waals surface area contributed by atoms with Gasteiger partial charge in [0.15, 0.2) is 0 Å². The molecule has 0 aliphatic rings. The number of methoxy groups -OCH3 is 1. The van der Waals surface area contributed by atoms with Crippen LogP contribution in [0.3, 0.4) is 0 Å². The predicted molar refractivity (Wildman–Crippen MR) is 118 cm³/mol. The van der Waals surface area contributed by atoms with E-state index in [1.165, 1.54) is 12.7 Å². The SMILES string of the molecule is COc1ccc(C)cc1S(=O)(=O)Nc1ccc(-c2nc3ccc(C)cc3s2)cc1. The number of benzene rings is 3. The Morgan fingerprint density at radius 3 is 2.34 bits per heavy atom. The fourth-order valence-electron chi connectivity index (χ4n) is 3.04. The second-order valence-electron chi connectivity index (χ2n) is 6.83. The number of aromatic nitrogens is 1. The quantitative estimate of drug-likeness (QED) is 0.466. The number of thiazole rings is 1. The lowest BCUT2D eigenvalue weighted by Gasteiger charge is -2.12. The summed E-state index contributed by atoms with van der Waals surface area (Å²) in [7, 11) is -2.31. The zero-order valence-electron chi connectivity index (χ0n) is 16.3. The first kappa shape index (κ1) is 19.4. The van der Waals surface area contributed by atoms with Gasteiger partial charge in [-0.05, 0) is 73.5 Å². The van der Waals surface area contributed by atoms with Crippen LogP contribution in [0.1, 0.15) is 11.1 Å². The number of aryl methyl sites for hydroxylation is 2. The van der Waals surface area contributed by atoms with Crippen molar-refractivity contribution in [3.63, 3.8) is 0 Å². The number of rotatable bonds is 5. The van der Waals surface area contributed by atoms with Gasteiger partial charge in [-0.1, -0.05) is 12.1 Å². The molecule has 4 aromatic rings. The van der Waals surface area contributed by atoms with Crippen molar-refractivity contribution in [1.29, 1.82) is 0 Å². The fraction of sp³-hybridized carbons (Fsp3) is 0.136. The minimum absolute atomic E-state index is 0.116.